The van der Waals surface area contributed by atoms with Crippen LogP contribution in [-0.4, -0.2) is 323 Å². The van der Waals surface area contributed by atoms with Gasteiger partial charge in [-0.15, -0.1) is 0 Å². The van der Waals surface area contributed by atoms with E-state index in [4.69, 9.17) is 62.0 Å². The van der Waals surface area contributed by atoms with Gasteiger partial charge in [0.2, 0.25) is 23.6 Å². The number of rotatable bonds is 22. The zero-order valence-electron chi connectivity index (χ0n) is 45.4. The van der Waals surface area contributed by atoms with Crippen molar-refractivity contribution in [1.29, 1.82) is 0 Å². The summed E-state index contributed by atoms with van der Waals surface area (Å²) in [4.78, 5) is 50.6. The molecule has 0 aromatic heterocycles. The second-order valence-corrected chi connectivity index (χ2v) is 21.9. The van der Waals surface area contributed by atoms with Crippen molar-refractivity contribution in [2.24, 2.45) is 5.73 Å². The van der Waals surface area contributed by atoms with Crippen LogP contribution in [0, 0.1) is 0 Å². The molecule has 37 nitrogen and oxygen atoms in total. The third-order valence-electron chi connectivity index (χ3n) is 14.5. The first-order valence-corrected chi connectivity index (χ1v) is 27.4. The summed E-state index contributed by atoms with van der Waals surface area (Å²) in [6.07, 6.45) is -45.3. The molecule has 0 saturated carbocycles. The molecule has 30 atom stereocenters. The van der Waals surface area contributed by atoms with Gasteiger partial charge in [0.05, 0.1) is 52.3 Å². The van der Waals surface area contributed by atoms with E-state index in [9.17, 15) is 94.0 Å². The summed E-state index contributed by atoms with van der Waals surface area (Å²) < 4.78 is 99.5. The molecule has 0 bridgehead atoms. The summed E-state index contributed by atoms with van der Waals surface area (Å²) in [5.41, 5.74) is 6.04. The SMILES string of the molecule is COS(=O)(=O)OCC1OC(OC2C(COC3OC(C)C(O)C(O)C3O)OC(O)C(NC(C)=O)C2O)C(NC(C)=O)C(O)C1OC1OC(CO)C(OC2OC(CO)C(OC3OC(CO)C(O)C(O)C3N)C(O)C2NC(C)=O)C(O)C1NC(C)=O. The fourth-order valence-corrected chi connectivity index (χ4v) is 10.6. The maximum atomic E-state index is 12.9. The number of carbonyl (C=O) groups is 4. The second-order valence-electron chi connectivity index (χ2n) is 20.5. The topological polar surface area (TPSA) is 560 Å². The highest BCUT2D eigenvalue weighted by Crippen LogP contribution is 2.37. The van der Waals surface area contributed by atoms with Gasteiger partial charge < -0.3 is 145 Å². The molecular weight excluding hydrogens is 1150 g/mol. The van der Waals surface area contributed by atoms with Gasteiger partial charge in [0.15, 0.2) is 37.7 Å². The van der Waals surface area contributed by atoms with Gasteiger partial charge in [-0.05, 0) is 6.92 Å². The van der Waals surface area contributed by atoms with E-state index in [2.05, 4.69) is 25.5 Å². The van der Waals surface area contributed by atoms with Gasteiger partial charge in [0.1, 0.15) is 134 Å². The Bertz CT molecular complexity index is 2250. The van der Waals surface area contributed by atoms with E-state index in [0.717, 1.165) is 34.8 Å². The lowest BCUT2D eigenvalue weighted by atomic mass is 9.93. The fraction of sp³-hybridized carbons (Fsp3) is 0.911. The van der Waals surface area contributed by atoms with Crippen molar-refractivity contribution in [3.05, 3.63) is 0 Å². The molecule has 0 aliphatic carbocycles. The van der Waals surface area contributed by atoms with Crippen molar-refractivity contribution in [2.75, 3.05) is 40.1 Å². The Hall–Kier alpha value is -3.25. The van der Waals surface area contributed by atoms with Crippen LogP contribution in [0.25, 0.3) is 0 Å². The van der Waals surface area contributed by atoms with Crippen LogP contribution in [0.5, 0.6) is 0 Å². The van der Waals surface area contributed by atoms with Crippen LogP contribution < -0.4 is 27.0 Å². The first-order chi connectivity index (χ1) is 39.0. The Morgan fingerprint density at radius 3 is 1.24 bits per heavy atom. The molecule has 38 heteroatoms. The van der Waals surface area contributed by atoms with Crippen LogP contribution in [-0.2, 0) is 90.0 Å². The van der Waals surface area contributed by atoms with E-state index in [0.29, 0.717) is 0 Å². The molecule has 6 saturated heterocycles. The second kappa shape index (κ2) is 29.6. The number of hydrogen-bond donors (Lipinski definition) is 18. The quantitative estimate of drug-likeness (QED) is 0.0479. The zero-order chi connectivity index (χ0) is 61.7. The maximum absolute atomic E-state index is 12.9. The minimum Gasteiger partial charge on any atom is -0.394 e. The molecule has 6 rings (SSSR count). The average Bonchev–Trinajstić information content (AvgIpc) is 3.63. The molecule has 83 heavy (non-hydrogen) atoms. The lowest BCUT2D eigenvalue weighted by Gasteiger charge is -2.51. The van der Waals surface area contributed by atoms with Crippen LogP contribution in [0.15, 0.2) is 0 Å². The van der Waals surface area contributed by atoms with Gasteiger partial charge in [-0.2, -0.15) is 8.42 Å². The molecular formula is C45H77N5O32S. The van der Waals surface area contributed by atoms with Gasteiger partial charge in [-0.25, -0.2) is 4.18 Å². The van der Waals surface area contributed by atoms with Crippen molar-refractivity contribution in [3.8, 4) is 0 Å². The maximum Gasteiger partial charge on any atom is 0.399 e. The van der Waals surface area contributed by atoms with Gasteiger partial charge >= 0.3 is 10.4 Å². The summed E-state index contributed by atoms with van der Waals surface area (Å²) in [5.74, 6) is -3.40. The molecule has 30 unspecified atom stereocenters. The minimum absolute atomic E-state index is 0.720. The third-order valence-corrected chi connectivity index (χ3v) is 15.3. The Kier molecular flexibility index (Phi) is 24.6. The largest absolute Gasteiger partial charge is 0.399 e. The Morgan fingerprint density at radius 2 is 0.819 bits per heavy atom. The molecule has 0 aromatic carbocycles. The number of aliphatic hydroxyl groups is 13. The lowest BCUT2D eigenvalue weighted by molar-refractivity contribution is -0.368. The van der Waals surface area contributed by atoms with Gasteiger partial charge in [-0.3, -0.25) is 23.4 Å². The standard InChI is InChI=1S/C45H77N5O32S/c1-12-27(58)34(65)35(66)45(73-12)71-10-20-38(30(61)23(40(67)74-20)47-13(2)54)81-44-26(50-16(5)57)33(64)39(21(78-44)11-72-83(68,69)70-6)82-43-25(49-15(4)56)32(63)37(19(9-53)77-43)80-42-24(48-14(3)55)31(62)36(18(8-52)76-42)79-41-22(46)29(60)28(59)17(7-51)75-41/h12,17-45,51-53,58-67H,7-11,46H2,1-6H3,(H,47,54)(H,48,55)(H,49,56)(H,50,57). The van der Waals surface area contributed by atoms with Crippen molar-refractivity contribution >= 4 is 34.0 Å². The van der Waals surface area contributed by atoms with Gasteiger partial charge in [0.25, 0.3) is 0 Å². The average molecular weight is 1230 g/mol. The summed E-state index contributed by atoms with van der Waals surface area (Å²) in [6, 6.07) is -8.65. The highest BCUT2D eigenvalue weighted by atomic mass is 32.3. The number of carbonyl (C=O) groups excluding carboxylic acids is 4. The third kappa shape index (κ3) is 16.3. The summed E-state index contributed by atoms with van der Waals surface area (Å²) in [7, 11) is -4.18. The van der Waals surface area contributed by atoms with E-state index < -0.39 is 251 Å². The van der Waals surface area contributed by atoms with E-state index in [1.54, 1.807) is 0 Å². The highest BCUT2D eigenvalue weighted by molar-refractivity contribution is 7.81. The molecule has 0 aromatic rings. The lowest BCUT2D eigenvalue weighted by Crippen LogP contribution is -2.72. The van der Waals surface area contributed by atoms with E-state index in [1.165, 1.54) is 6.92 Å². The number of aliphatic hydroxyl groups excluding tert-OH is 13. The number of ether oxygens (including phenoxy) is 11. The molecule has 19 N–H and O–H groups in total. The molecule has 480 valence electrons. The van der Waals surface area contributed by atoms with Crippen molar-refractivity contribution in [3.63, 3.8) is 0 Å². The molecule has 6 fully saturated rings. The zero-order valence-corrected chi connectivity index (χ0v) is 46.2. The molecule has 6 aliphatic heterocycles. The fourth-order valence-electron chi connectivity index (χ4n) is 10.2. The molecule has 4 amide bonds. The van der Waals surface area contributed by atoms with Crippen molar-refractivity contribution < 1.29 is 154 Å². The Morgan fingerprint density at radius 1 is 0.446 bits per heavy atom. The van der Waals surface area contributed by atoms with E-state index >= 15 is 0 Å². The summed E-state index contributed by atoms with van der Waals surface area (Å²) >= 11 is 0. The molecule has 6 heterocycles. The number of nitrogens with two attached hydrogens (primary N) is 1. The predicted molar refractivity (Wildman–Crippen MR) is 261 cm³/mol. The monoisotopic (exact) mass is 1230 g/mol. The predicted octanol–water partition coefficient (Wildman–Crippen LogP) is -12.6. The van der Waals surface area contributed by atoms with E-state index in [1.807, 2.05) is 0 Å². The van der Waals surface area contributed by atoms with Crippen LogP contribution >= 0.6 is 0 Å². The number of nitrogens with one attached hydrogen (secondary N) is 4. The smallest absolute Gasteiger partial charge is 0.394 e. The highest BCUT2D eigenvalue weighted by Gasteiger charge is 2.58. The Labute approximate surface area is 473 Å². The number of hydrogen-bond acceptors (Lipinski definition) is 33. The van der Waals surface area contributed by atoms with Crippen molar-refractivity contribution in [1.82, 2.24) is 21.3 Å². The van der Waals surface area contributed by atoms with Crippen LogP contribution in [0.3, 0.4) is 0 Å². The Balaban J connectivity index is 1.29. The van der Waals surface area contributed by atoms with E-state index in [-0.39, 0.29) is 0 Å². The first-order valence-electron chi connectivity index (χ1n) is 26.1. The minimum atomic E-state index is -4.89. The van der Waals surface area contributed by atoms with Crippen LogP contribution in [0.4, 0.5) is 0 Å². The van der Waals surface area contributed by atoms with Gasteiger partial charge in [0, 0.05) is 27.7 Å². The summed E-state index contributed by atoms with van der Waals surface area (Å²) in [5, 5.41) is 151. The normalized spacial score (nSPS) is 45.2. The van der Waals surface area contributed by atoms with Gasteiger partial charge in [-0.1, -0.05) is 0 Å². The van der Waals surface area contributed by atoms with Crippen LogP contribution in [0.1, 0.15) is 34.6 Å². The number of amides is 4. The molecule has 0 radical (unpaired) electrons. The molecule has 6 aliphatic rings. The first kappa shape index (κ1) is 68.9. The molecule has 0 spiro atoms. The van der Waals surface area contributed by atoms with Crippen LogP contribution in [0.2, 0.25) is 0 Å². The summed E-state index contributed by atoms with van der Waals surface area (Å²) in [6.45, 7) is 0.536. The van der Waals surface area contributed by atoms with Crippen molar-refractivity contribution in [2.45, 2.75) is 219 Å².